The Morgan fingerprint density at radius 2 is 2.04 bits per heavy atom. The second-order valence-corrected chi connectivity index (χ2v) is 7.75. The molecule has 0 radical (unpaired) electrons. The molecule has 1 amide bonds. The average molecular weight is 411 g/mol. The number of nitrogens with one attached hydrogen (secondary N) is 1. The molecule has 4 aromatic rings. The molecule has 28 heavy (non-hydrogen) atoms. The van der Waals surface area contributed by atoms with Crippen molar-refractivity contribution >= 4 is 34.9 Å². The largest absolute Gasteiger partial charge is 0.464 e. The summed E-state index contributed by atoms with van der Waals surface area (Å²) in [6.07, 6.45) is 3.00. The Morgan fingerprint density at radius 3 is 2.64 bits per heavy atom. The summed E-state index contributed by atoms with van der Waals surface area (Å²) in [5.41, 5.74) is 1.52. The van der Waals surface area contributed by atoms with E-state index in [1.54, 1.807) is 24.3 Å². The molecule has 0 aliphatic carbocycles. The third-order valence-electron chi connectivity index (χ3n) is 3.71. The first-order valence-corrected chi connectivity index (χ1v) is 10.0. The Bertz CT molecular complexity index is 1130. The number of anilines is 1. The zero-order valence-corrected chi connectivity index (χ0v) is 16.2. The molecule has 7 nitrogen and oxygen atoms in total. The summed E-state index contributed by atoms with van der Waals surface area (Å²) in [4.78, 5) is 16.7. The maximum atomic E-state index is 12.4. The number of nitriles is 1. The molecule has 0 aromatic carbocycles. The van der Waals surface area contributed by atoms with E-state index in [9.17, 15) is 10.1 Å². The average Bonchev–Trinajstić information content (AvgIpc) is 3.46. The van der Waals surface area contributed by atoms with Gasteiger partial charge in [0.2, 0.25) is 11.8 Å². The molecule has 0 saturated carbocycles. The van der Waals surface area contributed by atoms with Crippen molar-refractivity contribution < 1.29 is 18.0 Å². The third-order valence-corrected chi connectivity index (χ3v) is 5.85. The van der Waals surface area contributed by atoms with Crippen LogP contribution in [0.3, 0.4) is 0 Å². The zero-order chi connectivity index (χ0) is 19.5. The van der Waals surface area contributed by atoms with Crippen molar-refractivity contribution in [2.75, 3.05) is 11.1 Å². The fraction of sp³-hybridized carbons (Fsp3) is 0.105. The number of hydrogen-bond donors (Lipinski definition) is 1. The van der Waals surface area contributed by atoms with Crippen LogP contribution in [0.1, 0.15) is 11.3 Å². The zero-order valence-electron chi connectivity index (χ0n) is 14.6. The van der Waals surface area contributed by atoms with Gasteiger partial charge < -0.3 is 13.3 Å². The Kier molecular flexibility index (Phi) is 5.06. The number of amides is 1. The Hall–Kier alpha value is -3.22. The van der Waals surface area contributed by atoms with Crippen molar-refractivity contribution in [1.29, 1.82) is 5.26 Å². The molecular weight excluding hydrogens is 398 g/mol. The monoisotopic (exact) mass is 411 g/mol. The molecule has 4 rings (SSSR count). The van der Waals surface area contributed by atoms with E-state index in [4.69, 9.17) is 13.3 Å². The second-order valence-electron chi connectivity index (χ2n) is 5.67. The van der Waals surface area contributed by atoms with E-state index in [1.165, 1.54) is 35.6 Å². The number of carbonyl (C=O) groups excluding carboxylic acids is 1. The van der Waals surface area contributed by atoms with E-state index in [0.717, 1.165) is 10.0 Å². The van der Waals surface area contributed by atoms with Gasteiger partial charge in [-0.2, -0.15) is 5.26 Å². The molecule has 9 heteroatoms. The first-order chi connectivity index (χ1) is 13.7. The van der Waals surface area contributed by atoms with Gasteiger partial charge in [0.25, 0.3) is 0 Å². The van der Waals surface area contributed by atoms with Crippen LogP contribution in [0.25, 0.3) is 22.8 Å². The van der Waals surface area contributed by atoms with E-state index in [0.29, 0.717) is 22.8 Å². The molecule has 0 spiro atoms. The minimum Gasteiger partial charge on any atom is -0.464 e. The van der Waals surface area contributed by atoms with Gasteiger partial charge in [0, 0.05) is 11.1 Å². The number of carbonyl (C=O) groups is 1. The highest BCUT2D eigenvalue weighted by molar-refractivity contribution is 8.01. The van der Waals surface area contributed by atoms with E-state index in [1.807, 2.05) is 12.3 Å². The van der Waals surface area contributed by atoms with Gasteiger partial charge >= 0.3 is 0 Å². The number of furan rings is 3. The summed E-state index contributed by atoms with van der Waals surface area (Å²) in [5.74, 6) is 1.08. The van der Waals surface area contributed by atoms with Crippen LogP contribution in [0, 0.1) is 18.3 Å². The molecule has 1 N–H and O–H groups in total. The number of hydrogen-bond acceptors (Lipinski definition) is 8. The van der Waals surface area contributed by atoms with Crippen LogP contribution in [0.5, 0.6) is 0 Å². The van der Waals surface area contributed by atoms with E-state index in [2.05, 4.69) is 16.4 Å². The van der Waals surface area contributed by atoms with Crippen LogP contribution in [0.4, 0.5) is 5.88 Å². The molecule has 4 heterocycles. The summed E-state index contributed by atoms with van der Waals surface area (Å²) in [5, 5.41) is 14.3. The lowest BCUT2D eigenvalue weighted by molar-refractivity contribution is -0.113. The van der Waals surface area contributed by atoms with Crippen LogP contribution in [-0.4, -0.2) is 16.6 Å². The SMILES string of the molecule is Cc1csc(SCC(=O)Nc2oc(-c3ccco3)c(-c3ccco3)c2C#N)n1. The molecule has 0 aliphatic rings. The van der Waals surface area contributed by atoms with Crippen molar-refractivity contribution in [3.8, 4) is 28.9 Å². The predicted octanol–water partition coefficient (Wildman–Crippen LogP) is 5.17. The molecule has 0 atom stereocenters. The predicted molar refractivity (Wildman–Crippen MR) is 105 cm³/mol. The van der Waals surface area contributed by atoms with Crippen LogP contribution >= 0.6 is 23.1 Å². The molecule has 0 unspecified atom stereocenters. The highest BCUT2D eigenvalue weighted by Gasteiger charge is 2.27. The van der Waals surface area contributed by atoms with Crippen molar-refractivity contribution in [2.24, 2.45) is 0 Å². The first-order valence-electron chi connectivity index (χ1n) is 8.15. The quantitative estimate of drug-likeness (QED) is 0.436. The number of aromatic nitrogens is 1. The van der Waals surface area contributed by atoms with E-state index >= 15 is 0 Å². The van der Waals surface area contributed by atoms with Crippen LogP contribution < -0.4 is 5.32 Å². The van der Waals surface area contributed by atoms with Gasteiger partial charge in [-0.05, 0) is 31.2 Å². The van der Waals surface area contributed by atoms with Gasteiger partial charge in [0.15, 0.2) is 15.9 Å². The summed E-state index contributed by atoms with van der Waals surface area (Å²) >= 11 is 2.80. The van der Waals surface area contributed by atoms with Crippen LogP contribution in [-0.2, 0) is 4.79 Å². The van der Waals surface area contributed by atoms with Gasteiger partial charge in [-0.15, -0.1) is 11.3 Å². The van der Waals surface area contributed by atoms with Gasteiger partial charge in [-0.3, -0.25) is 10.1 Å². The minimum absolute atomic E-state index is 0.0567. The smallest absolute Gasteiger partial charge is 0.237 e. The van der Waals surface area contributed by atoms with Crippen molar-refractivity contribution in [3.05, 3.63) is 53.4 Å². The van der Waals surface area contributed by atoms with Crippen molar-refractivity contribution in [3.63, 3.8) is 0 Å². The lowest BCUT2D eigenvalue weighted by Crippen LogP contribution is -2.14. The van der Waals surface area contributed by atoms with Gasteiger partial charge in [0.05, 0.1) is 23.8 Å². The molecule has 0 fully saturated rings. The fourth-order valence-corrected chi connectivity index (χ4v) is 4.20. The van der Waals surface area contributed by atoms with Gasteiger partial charge in [-0.25, -0.2) is 4.98 Å². The molecule has 0 saturated heterocycles. The summed E-state index contributed by atoms with van der Waals surface area (Å²) in [7, 11) is 0. The van der Waals surface area contributed by atoms with Gasteiger partial charge in [-0.1, -0.05) is 11.8 Å². The Labute approximate surface area is 168 Å². The molecule has 0 aliphatic heterocycles. The Balaban J connectivity index is 1.63. The molecular formula is C19H13N3O4S2. The summed E-state index contributed by atoms with van der Waals surface area (Å²) < 4.78 is 17.5. The summed E-state index contributed by atoms with van der Waals surface area (Å²) in [6.45, 7) is 1.90. The van der Waals surface area contributed by atoms with Crippen molar-refractivity contribution in [1.82, 2.24) is 4.98 Å². The molecule has 0 bridgehead atoms. The normalized spacial score (nSPS) is 10.7. The lowest BCUT2D eigenvalue weighted by Gasteiger charge is -2.01. The highest BCUT2D eigenvalue weighted by Crippen LogP contribution is 2.41. The third kappa shape index (κ3) is 3.60. The maximum absolute atomic E-state index is 12.4. The maximum Gasteiger partial charge on any atom is 0.237 e. The topological polar surface area (TPSA) is 105 Å². The highest BCUT2D eigenvalue weighted by atomic mass is 32.2. The molecule has 140 valence electrons. The van der Waals surface area contributed by atoms with E-state index < -0.39 is 0 Å². The number of rotatable bonds is 6. The number of nitrogens with zero attached hydrogens (tertiary/aromatic N) is 2. The number of aryl methyl sites for hydroxylation is 1. The van der Waals surface area contributed by atoms with E-state index in [-0.39, 0.29) is 23.1 Å². The number of thioether (sulfide) groups is 1. The van der Waals surface area contributed by atoms with Crippen LogP contribution in [0.15, 0.2) is 59.8 Å². The fourth-order valence-electron chi connectivity index (χ4n) is 2.55. The van der Waals surface area contributed by atoms with Crippen molar-refractivity contribution in [2.45, 2.75) is 11.3 Å². The van der Waals surface area contributed by atoms with Gasteiger partial charge in [0.1, 0.15) is 17.4 Å². The summed E-state index contributed by atoms with van der Waals surface area (Å²) in [6, 6.07) is 8.93. The first kappa shape index (κ1) is 18.2. The second kappa shape index (κ2) is 7.80. The number of thiazole rings is 1. The van der Waals surface area contributed by atoms with Crippen LogP contribution in [0.2, 0.25) is 0 Å². The minimum atomic E-state index is -0.305. The standard InChI is InChI=1S/C19H13N3O4S2/c1-11-9-27-19(21-11)28-10-15(23)22-18-12(8-20)16(13-4-2-6-24-13)17(26-18)14-5-3-7-25-14/h2-7,9H,10H2,1H3,(H,22,23). The molecule has 4 aromatic heterocycles. The lowest BCUT2D eigenvalue weighted by atomic mass is 10.1. The Morgan fingerprint density at radius 1 is 1.29 bits per heavy atom.